The molecule has 0 spiro atoms. The number of phenols is 1. The van der Waals surface area contributed by atoms with E-state index in [2.05, 4.69) is 63.1 Å². The van der Waals surface area contributed by atoms with Crippen molar-refractivity contribution >= 4 is 0 Å². The van der Waals surface area contributed by atoms with Gasteiger partial charge in [-0.3, -0.25) is 4.90 Å². The number of hydrogen-bond donors (Lipinski definition) is 1. The monoisotopic (exact) mass is 307 g/mol. The molecule has 0 radical (unpaired) electrons. The number of rotatable bonds is 0. The first-order valence-electron chi connectivity index (χ1n) is 8.55. The predicted molar refractivity (Wildman–Crippen MR) is 95.0 cm³/mol. The van der Waals surface area contributed by atoms with Crippen LogP contribution in [0.2, 0.25) is 0 Å². The third kappa shape index (κ3) is 2.12. The Bertz CT molecular complexity index is 785. The minimum absolute atomic E-state index is 0.0540. The zero-order valence-electron chi connectivity index (χ0n) is 14.5. The lowest BCUT2D eigenvalue weighted by atomic mass is 9.74. The molecule has 0 fully saturated rings. The van der Waals surface area contributed by atoms with Crippen LogP contribution in [-0.2, 0) is 18.3 Å². The Hall–Kier alpha value is -1.80. The third-order valence-electron chi connectivity index (χ3n) is 5.55. The molecule has 1 aliphatic heterocycles. The maximum Gasteiger partial charge on any atom is 0.127 e. The van der Waals surface area contributed by atoms with Crippen LogP contribution >= 0.6 is 0 Å². The van der Waals surface area contributed by atoms with Crippen molar-refractivity contribution in [3.63, 3.8) is 0 Å². The fourth-order valence-corrected chi connectivity index (χ4v) is 4.29. The standard InChI is InChI=1S/C21H25NO/c1-21(2,3)16-9-8-14-12-17-18-13(10-11-22(17)4)6-5-7-15(18)19(14)20(16)23/h5-9,17,23H,10-12H2,1-4H3. The molecule has 2 nitrogen and oxygen atoms in total. The number of aromatic hydroxyl groups is 1. The average Bonchev–Trinajstić information content (AvgIpc) is 2.49. The predicted octanol–water partition coefficient (Wildman–Crippen LogP) is 4.44. The van der Waals surface area contributed by atoms with Crippen molar-refractivity contribution in [2.75, 3.05) is 13.6 Å². The minimum atomic E-state index is -0.0540. The first kappa shape index (κ1) is 14.8. The van der Waals surface area contributed by atoms with Gasteiger partial charge in [-0.2, -0.15) is 0 Å². The maximum atomic E-state index is 11.0. The van der Waals surface area contributed by atoms with Crippen molar-refractivity contribution in [1.29, 1.82) is 0 Å². The van der Waals surface area contributed by atoms with E-state index >= 15 is 0 Å². The Kier molecular flexibility index (Phi) is 3.11. The molecule has 2 heteroatoms. The highest BCUT2D eigenvalue weighted by Gasteiger charge is 2.35. The summed E-state index contributed by atoms with van der Waals surface area (Å²) in [4.78, 5) is 2.46. The molecule has 4 rings (SSSR count). The minimum Gasteiger partial charge on any atom is -0.507 e. The molecule has 120 valence electrons. The Morgan fingerprint density at radius 3 is 2.61 bits per heavy atom. The Labute approximate surface area is 138 Å². The number of fused-ring (bicyclic) bond motifs is 2. The summed E-state index contributed by atoms with van der Waals surface area (Å²) in [6.07, 6.45) is 2.10. The second-order valence-electron chi connectivity index (χ2n) is 8.07. The Morgan fingerprint density at radius 2 is 1.87 bits per heavy atom. The summed E-state index contributed by atoms with van der Waals surface area (Å²) in [6, 6.07) is 11.4. The zero-order chi connectivity index (χ0) is 16.4. The summed E-state index contributed by atoms with van der Waals surface area (Å²) in [6.45, 7) is 7.60. The SMILES string of the molecule is CN1CCc2cccc3c2C1Cc1ccc(C(C)(C)C)c(O)c1-3. The summed E-state index contributed by atoms with van der Waals surface area (Å²) in [7, 11) is 2.22. The highest BCUT2D eigenvalue weighted by atomic mass is 16.3. The van der Waals surface area contributed by atoms with E-state index in [1.54, 1.807) is 0 Å². The number of benzene rings is 2. The molecule has 0 saturated heterocycles. The van der Waals surface area contributed by atoms with Crippen LogP contribution in [0.1, 0.15) is 49.1 Å². The van der Waals surface area contributed by atoms with Crippen molar-refractivity contribution in [2.24, 2.45) is 0 Å². The van der Waals surface area contributed by atoms with Crippen LogP contribution in [0.25, 0.3) is 11.1 Å². The molecule has 2 aromatic rings. The molecule has 1 heterocycles. The molecule has 1 N–H and O–H groups in total. The quantitative estimate of drug-likeness (QED) is 0.777. The topological polar surface area (TPSA) is 23.5 Å². The summed E-state index contributed by atoms with van der Waals surface area (Å²) < 4.78 is 0. The van der Waals surface area contributed by atoms with Gasteiger partial charge in [-0.25, -0.2) is 0 Å². The van der Waals surface area contributed by atoms with Gasteiger partial charge in [0.25, 0.3) is 0 Å². The summed E-state index contributed by atoms with van der Waals surface area (Å²) in [5.41, 5.74) is 7.47. The maximum absolute atomic E-state index is 11.0. The van der Waals surface area contributed by atoms with E-state index in [0.29, 0.717) is 11.8 Å². The van der Waals surface area contributed by atoms with Crippen LogP contribution in [-0.4, -0.2) is 23.6 Å². The van der Waals surface area contributed by atoms with Crippen molar-refractivity contribution in [1.82, 2.24) is 4.90 Å². The molecule has 1 unspecified atom stereocenters. The van der Waals surface area contributed by atoms with Crippen molar-refractivity contribution in [3.8, 4) is 16.9 Å². The van der Waals surface area contributed by atoms with Crippen LogP contribution in [0.15, 0.2) is 30.3 Å². The van der Waals surface area contributed by atoms with E-state index in [0.717, 1.165) is 30.5 Å². The fourth-order valence-electron chi connectivity index (χ4n) is 4.29. The van der Waals surface area contributed by atoms with Crippen molar-refractivity contribution in [2.45, 2.75) is 45.1 Å². The third-order valence-corrected chi connectivity index (χ3v) is 5.55. The molecule has 2 aliphatic rings. The highest BCUT2D eigenvalue weighted by Crippen LogP contribution is 2.50. The average molecular weight is 307 g/mol. The molecular weight excluding hydrogens is 282 g/mol. The van der Waals surface area contributed by atoms with E-state index in [1.165, 1.54) is 22.3 Å². The molecule has 23 heavy (non-hydrogen) atoms. The van der Waals surface area contributed by atoms with Crippen LogP contribution in [0.5, 0.6) is 5.75 Å². The lowest BCUT2D eigenvalue weighted by Gasteiger charge is -2.40. The Morgan fingerprint density at radius 1 is 1.09 bits per heavy atom. The lowest BCUT2D eigenvalue weighted by molar-refractivity contribution is 0.228. The molecule has 1 aliphatic carbocycles. The van der Waals surface area contributed by atoms with Gasteiger partial charge in [0.1, 0.15) is 5.75 Å². The molecule has 0 saturated carbocycles. The fraction of sp³-hybridized carbons (Fsp3) is 0.429. The molecular formula is C21H25NO. The van der Waals surface area contributed by atoms with E-state index in [1.807, 2.05) is 0 Å². The molecule has 2 aromatic carbocycles. The Balaban J connectivity index is 2.01. The summed E-state index contributed by atoms with van der Waals surface area (Å²) >= 11 is 0. The van der Waals surface area contributed by atoms with E-state index in [9.17, 15) is 5.11 Å². The van der Waals surface area contributed by atoms with E-state index in [-0.39, 0.29) is 5.41 Å². The van der Waals surface area contributed by atoms with Gasteiger partial charge in [-0.1, -0.05) is 51.1 Å². The van der Waals surface area contributed by atoms with Crippen LogP contribution in [0, 0.1) is 0 Å². The first-order valence-corrected chi connectivity index (χ1v) is 8.55. The van der Waals surface area contributed by atoms with Crippen molar-refractivity contribution < 1.29 is 5.11 Å². The summed E-state index contributed by atoms with van der Waals surface area (Å²) in [5.74, 6) is 0.482. The van der Waals surface area contributed by atoms with Gasteiger partial charge in [0.2, 0.25) is 0 Å². The van der Waals surface area contributed by atoms with Gasteiger partial charge in [0, 0.05) is 18.2 Å². The lowest BCUT2D eigenvalue weighted by Crippen LogP contribution is -2.35. The smallest absolute Gasteiger partial charge is 0.127 e. The van der Waals surface area contributed by atoms with Gasteiger partial charge in [-0.05, 0) is 53.1 Å². The van der Waals surface area contributed by atoms with E-state index in [4.69, 9.17) is 0 Å². The van der Waals surface area contributed by atoms with Crippen LogP contribution < -0.4 is 0 Å². The molecule has 0 amide bonds. The summed E-state index contributed by atoms with van der Waals surface area (Å²) in [5, 5.41) is 11.0. The number of likely N-dealkylation sites (N-methyl/N-ethyl adjacent to an activating group) is 1. The van der Waals surface area contributed by atoms with Crippen LogP contribution in [0.3, 0.4) is 0 Å². The molecule has 0 aromatic heterocycles. The van der Waals surface area contributed by atoms with Gasteiger partial charge in [0.05, 0.1) is 0 Å². The van der Waals surface area contributed by atoms with Gasteiger partial charge >= 0.3 is 0 Å². The molecule has 0 bridgehead atoms. The molecule has 1 atom stereocenters. The second kappa shape index (κ2) is 4.85. The number of nitrogens with zero attached hydrogens (tertiary/aromatic N) is 1. The largest absolute Gasteiger partial charge is 0.507 e. The van der Waals surface area contributed by atoms with Crippen molar-refractivity contribution in [3.05, 3.63) is 52.6 Å². The first-order chi connectivity index (χ1) is 10.9. The van der Waals surface area contributed by atoms with Gasteiger partial charge in [0.15, 0.2) is 0 Å². The van der Waals surface area contributed by atoms with E-state index < -0.39 is 0 Å². The number of phenolic OH excluding ortho intramolecular Hbond substituents is 1. The number of hydrogen-bond acceptors (Lipinski definition) is 2. The van der Waals surface area contributed by atoms with Gasteiger partial charge in [-0.15, -0.1) is 0 Å². The zero-order valence-corrected chi connectivity index (χ0v) is 14.5. The second-order valence-corrected chi connectivity index (χ2v) is 8.07. The normalized spacial score (nSPS) is 20.1. The van der Waals surface area contributed by atoms with Gasteiger partial charge < -0.3 is 5.11 Å². The van der Waals surface area contributed by atoms with Crippen LogP contribution in [0.4, 0.5) is 0 Å². The highest BCUT2D eigenvalue weighted by molar-refractivity contribution is 5.81.